The molecule has 0 saturated heterocycles. The third-order valence-electron chi connectivity index (χ3n) is 5.59. The van der Waals surface area contributed by atoms with E-state index in [1.54, 1.807) is 0 Å². The van der Waals surface area contributed by atoms with E-state index in [4.69, 9.17) is 0 Å². The Morgan fingerprint density at radius 3 is 1.50 bits per heavy atom. The molecular weight excluding hydrogens is 423 g/mol. The number of hydrogen-bond acceptors (Lipinski definition) is 0. The van der Waals surface area contributed by atoms with Gasteiger partial charge in [0.25, 0.3) is 0 Å². The molecule has 3 aromatic rings. The number of allylic oxidation sites excluding steroid dienone is 2. The SMILES string of the molecule is CCCCC(C)=CCP(Br)(c1ccccc1)(c1ccccc1)c1ccccc1. The van der Waals surface area contributed by atoms with Gasteiger partial charge >= 0.3 is 179 Å². The maximum absolute atomic E-state index is 4.50. The summed E-state index contributed by atoms with van der Waals surface area (Å²) in [6.07, 6.45) is 7.13. The molecule has 3 rings (SSSR count). The summed E-state index contributed by atoms with van der Waals surface area (Å²) in [6, 6.07) is 33.1. The fourth-order valence-electron chi connectivity index (χ4n) is 3.86. The molecule has 0 fully saturated rings. The molecule has 3 aromatic carbocycles. The molecule has 0 aromatic heterocycles. The van der Waals surface area contributed by atoms with Gasteiger partial charge in [-0.25, -0.2) is 0 Å². The zero-order valence-electron chi connectivity index (χ0n) is 16.9. The Morgan fingerprint density at radius 1 is 0.750 bits per heavy atom. The van der Waals surface area contributed by atoms with Crippen LogP contribution in [0.4, 0.5) is 0 Å². The summed E-state index contributed by atoms with van der Waals surface area (Å²) in [6.45, 7) is 4.54. The maximum atomic E-state index is 4.50. The molecule has 0 aliphatic carbocycles. The van der Waals surface area contributed by atoms with Crippen LogP contribution in [0.5, 0.6) is 0 Å². The summed E-state index contributed by atoms with van der Waals surface area (Å²) in [5.74, 6) is 0. The fourth-order valence-corrected chi connectivity index (χ4v) is 11.0. The van der Waals surface area contributed by atoms with Gasteiger partial charge in [-0.05, 0) is 0 Å². The van der Waals surface area contributed by atoms with Crippen molar-refractivity contribution in [1.29, 1.82) is 0 Å². The second-order valence-electron chi connectivity index (χ2n) is 7.53. The Balaban J connectivity index is 2.28. The first kappa shape index (κ1) is 21.0. The van der Waals surface area contributed by atoms with Gasteiger partial charge in [0.1, 0.15) is 0 Å². The molecule has 146 valence electrons. The van der Waals surface area contributed by atoms with Crippen molar-refractivity contribution in [3.63, 3.8) is 0 Å². The molecule has 0 atom stereocenters. The number of unbranched alkanes of at least 4 members (excludes halogenated alkanes) is 1. The van der Waals surface area contributed by atoms with E-state index >= 15 is 0 Å². The quantitative estimate of drug-likeness (QED) is 0.255. The average Bonchev–Trinajstić information content (AvgIpc) is 2.78. The number of hydrogen-bond donors (Lipinski definition) is 0. The van der Waals surface area contributed by atoms with Gasteiger partial charge in [-0.2, -0.15) is 0 Å². The Bertz CT molecular complexity index is 802. The molecule has 0 nitrogen and oxygen atoms in total. The topological polar surface area (TPSA) is 0 Å². The summed E-state index contributed by atoms with van der Waals surface area (Å²) in [5.41, 5.74) is 1.48. The third-order valence-corrected chi connectivity index (χ3v) is 15.1. The van der Waals surface area contributed by atoms with Gasteiger partial charge in [0.05, 0.1) is 0 Å². The van der Waals surface area contributed by atoms with E-state index in [9.17, 15) is 0 Å². The molecule has 0 bridgehead atoms. The van der Waals surface area contributed by atoms with E-state index in [0.717, 1.165) is 6.16 Å². The number of halogens is 1. The summed E-state index contributed by atoms with van der Waals surface area (Å²) >= 11 is 4.50. The standard InChI is InChI=1S/C26H30BrP/c1-3-4-14-23(2)21-22-28(27,24-15-8-5-9-16-24,25-17-10-6-11-18-25)26-19-12-7-13-20-26/h5-13,15-21H,3-4,14,22H2,1-2H3. The fraction of sp³-hybridized carbons (Fsp3) is 0.231. The molecule has 28 heavy (non-hydrogen) atoms. The first-order valence-corrected chi connectivity index (χ1v) is 14.6. The molecule has 0 heterocycles. The summed E-state index contributed by atoms with van der Waals surface area (Å²) in [4.78, 5) is 0. The number of rotatable bonds is 8. The third kappa shape index (κ3) is 4.02. The Kier molecular flexibility index (Phi) is 6.91. The van der Waals surface area contributed by atoms with Gasteiger partial charge in [-0.15, -0.1) is 0 Å². The van der Waals surface area contributed by atoms with E-state index < -0.39 is 5.31 Å². The van der Waals surface area contributed by atoms with Crippen LogP contribution in [-0.2, 0) is 0 Å². The zero-order chi connectivity index (χ0) is 19.9. The molecule has 0 aliphatic heterocycles. The van der Waals surface area contributed by atoms with E-state index in [2.05, 4.69) is 126 Å². The normalized spacial score (nSPS) is 13.7. The Hall–Kier alpha value is -1.69. The Labute approximate surface area is 178 Å². The van der Waals surface area contributed by atoms with Crippen molar-refractivity contribution in [3.05, 3.63) is 103 Å². The molecule has 0 aliphatic rings. The van der Waals surface area contributed by atoms with Gasteiger partial charge in [-0.1, -0.05) is 0 Å². The summed E-state index contributed by atoms with van der Waals surface area (Å²) in [5, 5.41) is 1.34. The van der Waals surface area contributed by atoms with Crippen LogP contribution in [-0.4, -0.2) is 6.16 Å². The molecule has 0 amide bonds. The molecule has 2 heteroatoms. The van der Waals surface area contributed by atoms with Crippen molar-refractivity contribution in [2.75, 3.05) is 6.16 Å². The van der Waals surface area contributed by atoms with Crippen LogP contribution >= 0.6 is 20.8 Å². The van der Waals surface area contributed by atoms with Crippen LogP contribution in [0.2, 0.25) is 0 Å². The van der Waals surface area contributed by atoms with Gasteiger partial charge in [0, 0.05) is 0 Å². The van der Waals surface area contributed by atoms with Crippen molar-refractivity contribution in [2.45, 2.75) is 33.1 Å². The van der Waals surface area contributed by atoms with Gasteiger partial charge in [0.15, 0.2) is 0 Å². The van der Waals surface area contributed by atoms with Crippen LogP contribution in [0.3, 0.4) is 0 Å². The van der Waals surface area contributed by atoms with Crippen molar-refractivity contribution >= 4 is 36.7 Å². The molecule has 0 unspecified atom stereocenters. The summed E-state index contributed by atoms with van der Waals surface area (Å²) in [7, 11) is 0. The minimum atomic E-state index is -2.80. The van der Waals surface area contributed by atoms with Crippen LogP contribution in [0, 0.1) is 0 Å². The van der Waals surface area contributed by atoms with Gasteiger partial charge < -0.3 is 0 Å². The second-order valence-corrected chi connectivity index (χ2v) is 16.5. The van der Waals surface area contributed by atoms with Gasteiger partial charge in [0.2, 0.25) is 0 Å². The first-order valence-electron chi connectivity index (χ1n) is 10.1. The summed E-state index contributed by atoms with van der Waals surface area (Å²) < 4.78 is 0. The Morgan fingerprint density at radius 2 is 1.14 bits per heavy atom. The van der Waals surface area contributed by atoms with Crippen LogP contribution in [0.1, 0.15) is 33.1 Å². The van der Waals surface area contributed by atoms with Crippen molar-refractivity contribution in [3.8, 4) is 0 Å². The minimum absolute atomic E-state index is 0.985. The second kappa shape index (κ2) is 9.21. The average molecular weight is 453 g/mol. The zero-order valence-corrected chi connectivity index (χ0v) is 19.4. The van der Waals surface area contributed by atoms with Crippen molar-refractivity contribution < 1.29 is 0 Å². The molecule has 0 saturated carbocycles. The van der Waals surface area contributed by atoms with Crippen LogP contribution < -0.4 is 15.9 Å². The van der Waals surface area contributed by atoms with Crippen molar-refractivity contribution in [1.82, 2.24) is 0 Å². The van der Waals surface area contributed by atoms with Crippen molar-refractivity contribution in [2.24, 2.45) is 0 Å². The van der Waals surface area contributed by atoms with Gasteiger partial charge in [-0.3, -0.25) is 0 Å². The van der Waals surface area contributed by atoms with E-state index in [1.165, 1.54) is 40.7 Å². The predicted molar refractivity (Wildman–Crippen MR) is 132 cm³/mol. The monoisotopic (exact) mass is 452 g/mol. The molecule has 0 N–H and O–H groups in total. The predicted octanol–water partition coefficient (Wildman–Crippen LogP) is 6.96. The molecule has 0 spiro atoms. The molecular formula is C26H30BrP. The van der Waals surface area contributed by atoms with E-state index in [-0.39, 0.29) is 0 Å². The first-order chi connectivity index (χ1) is 13.6. The van der Waals surface area contributed by atoms with E-state index in [0.29, 0.717) is 0 Å². The van der Waals surface area contributed by atoms with E-state index in [1.807, 2.05) is 0 Å². The van der Waals surface area contributed by atoms with Crippen LogP contribution in [0.15, 0.2) is 103 Å². The molecule has 0 radical (unpaired) electrons. The van der Waals surface area contributed by atoms with Crippen LogP contribution in [0.25, 0.3) is 0 Å². The number of benzene rings is 3.